The van der Waals surface area contributed by atoms with Gasteiger partial charge in [-0.25, -0.2) is 4.98 Å². The fourth-order valence-corrected chi connectivity index (χ4v) is 2.87. The second kappa shape index (κ2) is 6.96. The molecule has 0 spiro atoms. The van der Waals surface area contributed by atoms with Crippen molar-refractivity contribution < 1.29 is 18.0 Å². The molecule has 1 atom stereocenters. The molecule has 2 fully saturated rings. The molecule has 5 nitrogen and oxygen atoms in total. The molecule has 2 heterocycles. The minimum absolute atomic E-state index is 0.0556. The number of amides is 1. The lowest BCUT2D eigenvalue weighted by Gasteiger charge is -2.18. The Bertz CT molecular complexity index is 572. The lowest BCUT2D eigenvalue weighted by Crippen LogP contribution is -2.34. The zero-order valence-electron chi connectivity index (χ0n) is 13.3. The molecule has 0 bridgehead atoms. The zero-order valence-corrected chi connectivity index (χ0v) is 13.3. The van der Waals surface area contributed by atoms with Crippen molar-refractivity contribution in [3.05, 3.63) is 23.9 Å². The highest BCUT2D eigenvalue weighted by Crippen LogP contribution is 2.24. The number of alkyl halides is 3. The summed E-state index contributed by atoms with van der Waals surface area (Å²) in [7, 11) is 0. The summed E-state index contributed by atoms with van der Waals surface area (Å²) in [6.45, 7) is 0.289. The Morgan fingerprint density at radius 3 is 2.71 bits per heavy atom. The van der Waals surface area contributed by atoms with Crippen LogP contribution in [0.2, 0.25) is 0 Å². The normalized spacial score (nSPS) is 21.7. The monoisotopic (exact) mass is 342 g/mol. The molecule has 2 N–H and O–H groups in total. The van der Waals surface area contributed by atoms with Crippen molar-refractivity contribution in [2.24, 2.45) is 5.92 Å². The van der Waals surface area contributed by atoms with Crippen LogP contribution in [0.1, 0.15) is 29.6 Å². The quantitative estimate of drug-likeness (QED) is 0.833. The standard InChI is InChI=1S/C16H21F3N4O/c17-16(18,19)10-23-6-5-11(9-23)7-21-15(24)12-1-4-14(20-8-12)22-13-2-3-13/h1,4,8,11,13H,2-3,5-7,9-10H2,(H,20,22)(H,21,24)/t11-/m0/s1. The lowest BCUT2D eigenvalue weighted by atomic mass is 10.1. The molecule has 1 aromatic rings. The van der Waals surface area contributed by atoms with Gasteiger partial charge in [0.2, 0.25) is 0 Å². The Hall–Kier alpha value is -1.83. The second-order valence-electron chi connectivity index (χ2n) is 6.57. The van der Waals surface area contributed by atoms with Gasteiger partial charge in [-0.3, -0.25) is 9.69 Å². The highest BCUT2D eigenvalue weighted by atomic mass is 19.4. The van der Waals surface area contributed by atoms with Crippen LogP contribution in [0.4, 0.5) is 19.0 Å². The summed E-state index contributed by atoms with van der Waals surface area (Å²) < 4.78 is 37.1. The third kappa shape index (κ3) is 5.09. The van der Waals surface area contributed by atoms with Gasteiger partial charge in [0.15, 0.2) is 0 Å². The molecule has 8 heteroatoms. The predicted molar refractivity (Wildman–Crippen MR) is 83.8 cm³/mol. The first-order valence-corrected chi connectivity index (χ1v) is 8.19. The minimum Gasteiger partial charge on any atom is -0.367 e. The van der Waals surface area contributed by atoms with E-state index in [-0.39, 0.29) is 11.8 Å². The van der Waals surface area contributed by atoms with E-state index in [1.54, 1.807) is 12.1 Å². The summed E-state index contributed by atoms with van der Waals surface area (Å²) in [4.78, 5) is 17.7. The molecule has 0 aromatic carbocycles. The van der Waals surface area contributed by atoms with Crippen LogP contribution in [0, 0.1) is 5.92 Å². The maximum absolute atomic E-state index is 12.4. The molecule has 3 rings (SSSR count). The van der Waals surface area contributed by atoms with Crippen LogP contribution in [0.25, 0.3) is 0 Å². The number of halogens is 3. The number of aromatic nitrogens is 1. The zero-order chi connectivity index (χ0) is 17.2. The number of pyridine rings is 1. The predicted octanol–water partition coefficient (Wildman–Crippen LogP) is 2.27. The third-order valence-electron chi connectivity index (χ3n) is 4.28. The van der Waals surface area contributed by atoms with E-state index >= 15 is 0 Å². The van der Waals surface area contributed by atoms with Gasteiger partial charge in [0.05, 0.1) is 12.1 Å². The van der Waals surface area contributed by atoms with Crippen molar-refractivity contribution in [3.63, 3.8) is 0 Å². The number of rotatable bonds is 6. The molecule has 2 aliphatic rings. The van der Waals surface area contributed by atoms with E-state index in [9.17, 15) is 18.0 Å². The van der Waals surface area contributed by atoms with E-state index in [1.165, 1.54) is 11.1 Å². The highest BCUT2D eigenvalue weighted by Gasteiger charge is 2.34. The number of likely N-dealkylation sites (tertiary alicyclic amines) is 1. The van der Waals surface area contributed by atoms with E-state index < -0.39 is 12.7 Å². The van der Waals surface area contributed by atoms with Crippen LogP contribution in [-0.2, 0) is 0 Å². The number of carbonyl (C=O) groups is 1. The van der Waals surface area contributed by atoms with Gasteiger partial charge in [-0.05, 0) is 43.9 Å². The topological polar surface area (TPSA) is 57.3 Å². The second-order valence-corrected chi connectivity index (χ2v) is 6.57. The van der Waals surface area contributed by atoms with Crippen LogP contribution in [-0.4, -0.2) is 54.2 Å². The van der Waals surface area contributed by atoms with E-state index in [0.29, 0.717) is 37.7 Å². The van der Waals surface area contributed by atoms with Gasteiger partial charge in [0.25, 0.3) is 5.91 Å². The molecular weight excluding hydrogens is 321 g/mol. The largest absolute Gasteiger partial charge is 0.401 e. The first-order valence-electron chi connectivity index (χ1n) is 8.19. The molecule has 1 saturated carbocycles. The van der Waals surface area contributed by atoms with E-state index in [4.69, 9.17) is 0 Å². The summed E-state index contributed by atoms with van der Waals surface area (Å²) in [5, 5.41) is 6.03. The van der Waals surface area contributed by atoms with Gasteiger partial charge >= 0.3 is 6.18 Å². The minimum atomic E-state index is -4.17. The summed E-state index contributed by atoms with van der Waals surface area (Å²) in [5.41, 5.74) is 0.460. The molecule has 24 heavy (non-hydrogen) atoms. The Morgan fingerprint density at radius 1 is 1.29 bits per heavy atom. The van der Waals surface area contributed by atoms with E-state index in [1.807, 2.05) is 0 Å². The van der Waals surface area contributed by atoms with E-state index in [2.05, 4.69) is 15.6 Å². The van der Waals surface area contributed by atoms with Gasteiger partial charge in [0.1, 0.15) is 5.82 Å². The molecule has 0 unspecified atom stereocenters. The van der Waals surface area contributed by atoms with Gasteiger partial charge in [-0.15, -0.1) is 0 Å². The number of nitrogens with zero attached hydrogens (tertiary/aromatic N) is 2. The summed E-state index contributed by atoms with van der Waals surface area (Å²) in [6, 6.07) is 3.98. The maximum Gasteiger partial charge on any atom is 0.401 e. The fraction of sp³-hybridized carbons (Fsp3) is 0.625. The van der Waals surface area contributed by atoms with Crippen molar-refractivity contribution in [2.75, 3.05) is 31.5 Å². The molecule has 132 valence electrons. The van der Waals surface area contributed by atoms with Crippen molar-refractivity contribution in [2.45, 2.75) is 31.5 Å². The SMILES string of the molecule is O=C(NC[C@@H]1CCN(CC(F)(F)F)C1)c1ccc(NC2CC2)nc1. The Balaban J connectivity index is 1.42. The number of carbonyl (C=O) groups excluding carboxylic acids is 1. The van der Waals surface area contributed by atoms with Gasteiger partial charge in [-0.1, -0.05) is 0 Å². The lowest BCUT2D eigenvalue weighted by molar-refractivity contribution is -0.143. The molecule has 1 aromatic heterocycles. The summed E-state index contributed by atoms with van der Waals surface area (Å²) in [5.74, 6) is 0.572. The Kier molecular flexibility index (Phi) is 4.93. The van der Waals surface area contributed by atoms with Crippen LogP contribution in [0.3, 0.4) is 0 Å². The molecule has 1 saturated heterocycles. The molecular formula is C16H21F3N4O. The first kappa shape index (κ1) is 17.0. The van der Waals surface area contributed by atoms with Crippen LogP contribution in [0.5, 0.6) is 0 Å². The van der Waals surface area contributed by atoms with Crippen LogP contribution >= 0.6 is 0 Å². The van der Waals surface area contributed by atoms with Crippen molar-refractivity contribution in [1.82, 2.24) is 15.2 Å². The maximum atomic E-state index is 12.4. The Morgan fingerprint density at radius 2 is 2.08 bits per heavy atom. The van der Waals surface area contributed by atoms with Crippen molar-refractivity contribution >= 4 is 11.7 Å². The fourth-order valence-electron chi connectivity index (χ4n) is 2.87. The first-order chi connectivity index (χ1) is 11.4. The van der Waals surface area contributed by atoms with E-state index in [0.717, 1.165) is 18.7 Å². The van der Waals surface area contributed by atoms with Crippen molar-refractivity contribution in [3.8, 4) is 0 Å². The van der Waals surface area contributed by atoms with Gasteiger partial charge in [-0.2, -0.15) is 13.2 Å². The van der Waals surface area contributed by atoms with Crippen molar-refractivity contribution in [1.29, 1.82) is 0 Å². The molecule has 0 radical (unpaired) electrons. The summed E-state index contributed by atoms with van der Waals surface area (Å²) in [6.07, 6.45) is 0.316. The molecule has 1 amide bonds. The van der Waals surface area contributed by atoms with Crippen LogP contribution < -0.4 is 10.6 Å². The van der Waals surface area contributed by atoms with Crippen LogP contribution in [0.15, 0.2) is 18.3 Å². The average Bonchev–Trinajstić information content (AvgIpc) is 3.22. The van der Waals surface area contributed by atoms with Gasteiger partial charge in [0, 0.05) is 25.3 Å². The number of nitrogens with one attached hydrogen (secondary N) is 2. The highest BCUT2D eigenvalue weighted by molar-refractivity contribution is 5.94. The average molecular weight is 342 g/mol. The molecule has 1 aliphatic carbocycles. The smallest absolute Gasteiger partial charge is 0.367 e. The van der Waals surface area contributed by atoms with Gasteiger partial charge < -0.3 is 10.6 Å². The Labute approximate surface area is 138 Å². The number of hydrogen-bond donors (Lipinski definition) is 2. The third-order valence-corrected chi connectivity index (χ3v) is 4.28. The molecule has 1 aliphatic heterocycles. The summed E-state index contributed by atoms with van der Waals surface area (Å²) >= 11 is 0. The number of anilines is 1. The number of hydrogen-bond acceptors (Lipinski definition) is 4.